The zero-order valence-corrected chi connectivity index (χ0v) is 8.76. The summed E-state index contributed by atoms with van der Waals surface area (Å²) in [5.41, 5.74) is 0. The van der Waals surface area contributed by atoms with Crippen molar-refractivity contribution in [2.75, 3.05) is 13.2 Å². The van der Waals surface area contributed by atoms with Gasteiger partial charge in [0.25, 0.3) is 0 Å². The van der Waals surface area contributed by atoms with E-state index in [-0.39, 0.29) is 11.8 Å². The third-order valence-corrected chi connectivity index (χ3v) is 4.86. The number of aliphatic hydroxyl groups excluding tert-OH is 1. The number of fused-ring (bicyclic) bond motifs is 5. The van der Waals surface area contributed by atoms with Crippen LogP contribution >= 0.6 is 0 Å². The van der Waals surface area contributed by atoms with Crippen molar-refractivity contribution in [1.29, 1.82) is 1.43 Å². The van der Waals surface area contributed by atoms with Crippen molar-refractivity contribution in [3.63, 3.8) is 0 Å². The Labute approximate surface area is 92.7 Å². The highest BCUT2D eigenvalue weighted by Crippen LogP contribution is 2.57. The molecule has 3 fully saturated rings. The van der Waals surface area contributed by atoms with Crippen LogP contribution in [-0.2, 0) is 0 Å². The van der Waals surface area contributed by atoms with E-state index in [4.69, 9.17) is 9.28 Å². The van der Waals surface area contributed by atoms with Crippen LogP contribution in [0.15, 0.2) is 0 Å². The second-order valence-corrected chi connectivity index (χ2v) is 5.30. The zero-order valence-electron chi connectivity index (χ0n) is 9.76. The van der Waals surface area contributed by atoms with Gasteiger partial charge in [0.2, 0.25) is 9.28 Å². The van der Waals surface area contributed by atoms with Crippen molar-refractivity contribution < 1.29 is 9.90 Å². The maximum atomic E-state index is 11.4. The van der Waals surface area contributed by atoms with Gasteiger partial charge in [0, 0.05) is 6.54 Å². The summed E-state index contributed by atoms with van der Waals surface area (Å²) < 4.78 is 6.91. The molecular weight excluding hydrogens is 189 g/mol. The summed E-state index contributed by atoms with van der Waals surface area (Å²) in [7, 11) is 5.40. The fourth-order valence-electron chi connectivity index (χ4n) is 4.35. The summed E-state index contributed by atoms with van der Waals surface area (Å²) >= 11 is 0. The second kappa shape index (κ2) is 3.24. The predicted molar refractivity (Wildman–Crippen MR) is 56.5 cm³/mol. The topological polar surface area (TPSA) is 40.5 Å². The van der Waals surface area contributed by atoms with Crippen LogP contribution in [0.25, 0.3) is 0 Å². The Kier molecular flexibility index (Phi) is 1.86. The average molecular weight is 207 g/mol. The lowest BCUT2D eigenvalue weighted by atomic mass is 9.78. The number of amides is 1. The van der Waals surface area contributed by atoms with Gasteiger partial charge in [-0.2, -0.15) is 0 Å². The summed E-state index contributed by atoms with van der Waals surface area (Å²) in [4.78, 5) is 13.1. The van der Waals surface area contributed by atoms with E-state index in [1.807, 2.05) is 0 Å². The van der Waals surface area contributed by atoms with Gasteiger partial charge in [0.05, 0.1) is 12.6 Å². The number of aliphatic hydroxyl groups is 1. The van der Waals surface area contributed by atoms with Crippen molar-refractivity contribution in [2.45, 2.75) is 25.3 Å². The SMILES string of the molecule is [3H]OC[C@@H]1C2C3CCC(C3)C2CN1C([B])=O. The highest BCUT2D eigenvalue weighted by Gasteiger charge is 2.56. The van der Waals surface area contributed by atoms with Crippen LogP contribution < -0.4 is 0 Å². The number of nitrogens with zero attached hydrogens (tertiary/aromatic N) is 1. The number of rotatable bonds is 2. The molecule has 0 aromatic rings. The van der Waals surface area contributed by atoms with Crippen LogP contribution in [0, 0.1) is 23.7 Å². The highest BCUT2D eigenvalue weighted by atomic mass is 16.3. The molecule has 5 atom stereocenters. The van der Waals surface area contributed by atoms with Crippen LogP contribution in [0.3, 0.4) is 0 Å². The molecule has 0 spiro atoms. The Morgan fingerprint density at radius 2 is 2.33 bits per heavy atom. The van der Waals surface area contributed by atoms with Gasteiger partial charge in [0.1, 0.15) is 0 Å². The molecule has 2 saturated carbocycles. The first-order valence-corrected chi connectivity index (χ1v) is 5.86. The molecule has 3 rings (SSSR count). The Morgan fingerprint density at radius 1 is 1.53 bits per heavy atom. The number of likely N-dealkylation sites (tertiary alicyclic amines) is 1. The smallest absolute Gasteiger partial charge is 0.210 e. The number of hydrogen-bond acceptors (Lipinski definition) is 2. The molecule has 3 aliphatic rings. The largest absolute Gasteiger partial charge is 0.394 e. The standard InChI is InChI=1S/C11H16BNO2/c12-11(15)13-4-8-6-1-2-7(3-6)10(8)9(13)5-14/h6-10,14H,1-5H2/t6?,7?,8?,9-,10?/m1/s1/i14T. The first-order chi connectivity index (χ1) is 7.72. The average Bonchev–Trinajstić information content (AvgIpc) is 2.87. The van der Waals surface area contributed by atoms with Gasteiger partial charge >= 0.3 is 0 Å². The maximum Gasteiger partial charge on any atom is 0.210 e. The van der Waals surface area contributed by atoms with Crippen LogP contribution in [-0.4, -0.2) is 44.3 Å². The van der Waals surface area contributed by atoms with Crippen molar-refractivity contribution in [3.05, 3.63) is 0 Å². The summed E-state index contributed by atoms with van der Waals surface area (Å²) in [6.07, 6.45) is 3.91. The summed E-state index contributed by atoms with van der Waals surface area (Å²) in [6.45, 7) is 1.10. The van der Waals surface area contributed by atoms with Crippen LogP contribution in [0.4, 0.5) is 4.79 Å². The molecule has 1 aliphatic heterocycles. The predicted octanol–water partition coefficient (Wildman–Crippen LogP) is 0.614. The molecular formula is C11H16BNO2. The van der Waals surface area contributed by atoms with Crippen LogP contribution in [0.1, 0.15) is 19.3 Å². The van der Waals surface area contributed by atoms with Crippen molar-refractivity contribution in [3.8, 4) is 0 Å². The van der Waals surface area contributed by atoms with E-state index in [1.165, 1.54) is 19.3 Å². The summed E-state index contributed by atoms with van der Waals surface area (Å²) in [5.74, 6) is 2.32. The molecule has 1 saturated heterocycles. The molecule has 80 valence electrons. The quantitative estimate of drug-likeness (QED) is 0.674. The molecule has 2 bridgehead atoms. The molecule has 3 nitrogen and oxygen atoms in total. The molecule has 2 aliphatic carbocycles. The van der Waals surface area contributed by atoms with E-state index < -0.39 is 0 Å². The molecule has 1 N–H and O–H groups in total. The molecule has 4 heteroatoms. The molecule has 15 heavy (non-hydrogen) atoms. The fourth-order valence-corrected chi connectivity index (χ4v) is 4.35. The van der Waals surface area contributed by atoms with Gasteiger partial charge in [-0.25, -0.2) is 0 Å². The first kappa shape index (κ1) is 8.62. The van der Waals surface area contributed by atoms with Gasteiger partial charge in [-0.15, -0.1) is 0 Å². The third kappa shape index (κ3) is 1.20. The van der Waals surface area contributed by atoms with E-state index >= 15 is 0 Å². The zero-order chi connectivity index (χ0) is 11.3. The fraction of sp³-hybridized carbons (Fsp3) is 0.909. The highest BCUT2D eigenvalue weighted by molar-refractivity contribution is 6.57. The molecule has 1 amide bonds. The van der Waals surface area contributed by atoms with Gasteiger partial charge in [-0.1, -0.05) is 0 Å². The lowest BCUT2D eigenvalue weighted by molar-refractivity contribution is 0.133. The lowest BCUT2D eigenvalue weighted by Gasteiger charge is -2.29. The van der Waals surface area contributed by atoms with Crippen molar-refractivity contribution in [1.82, 2.24) is 4.90 Å². The molecule has 1 heterocycles. The van der Waals surface area contributed by atoms with Crippen LogP contribution in [0.2, 0.25) is 0 Å². The second-order valence-electron chi connectivity index (χ2n) is 5.30. The Hall–Kier alpha value is -0.505. The monoisotopic (exact) mass is 207 g/mol. The van der Waals surface area contributed by atoms with Crippen LogP contribution in [0.5, 0.6) is 0 Å². The first-order valence-electron chi connectivity index (χ1n) is 6.27. The minimum atomic E-state index is -0.351. The van der Waals surface area contributed by atoms with Gasteiger partial charge in [-0.05, 0) is 42.9 Å². The number of carbonyl (C=O) groups excluding carboxylic acids is 1. The summed E-state index contributed by atoms with van der Waals surface area (Å²) in [6, 6.07) is 0.0512. The maximum absolute atomic E-state index is 11.4. The third-order valence-electron chi connectivity index (χ3n) is 4.86. The van der Waals surface area contributed by atoms with E-state index in [0.717, 1.165) is 18.4 Å². The Bertz CT molecular complexity index is 314. The van der Waals surface area contributed by atoms with Gasteiger partial charge in [0.15, 0.2) is 5.81 Å². The van der Waals surface area contributed by atoms with Crippen molar-refractivity contribution >= 4 is 13.7 Å². The van der Waals surface area contributed by atoms with E-state index in [1.54, 1.807) is 4.90 Å². The van der Waals surface area contributed by atoms with E-state index in [0.29, 0.717) is 18.4 Å². The lowest BCUT2D eigenvalue weighted by Crippen LogP contribution is -2.41. The molecule has 0 aromatic carbocycles. The van der Waals surface area contributed by atoms with E-state index in [2.05, 4.69) is 5.11 Å². The molecule has 4 unspecified atom stereocenters. The van der Waals surface area contributed by atoms with Gasteiger partial charge in [-0.3, -0.25) is 4.79 Å². The normalized spacial score (nSPS) is 48.1. The number of hydrogen-bond donors (Lipinski definition) is 1. The minimum absolute atomic E-state index is 0.0512. The van der Waals surface area contributed by atoms with E-state index in [9.17, 15) is 4.79 Å². The minimum Gasteiger partial charge on any atom is -0.394 e. The Morgan fingerprint density at radius 3 is 3.07 bits per heavy atom. The van der Waals surface area contributed by atoms with Crippen molar-refractivity contribution in [2.24, 2.45) is 23.7 Å². The molecule has 2 radical (unpaired) electrons. The number of carbonyl (C=O) groups is 1. The van der Waals surface area contributed by atoms with Gasteiger partial charge < -0.3 is 10.0 Å². The summed E-state index contributed by atoms with van der Waals surface area (Å²) in [5, 5.41) is 4.52. The Balaban J connectivity index is 1.84. The molecule has 0 aromatic heterocycles.